The highest BCUT2D eigenvalue weighted by molar-refractivity contribution is 7.80. The topological polar surface area (TPSA) is 129 Å². The Bertz CT molecular complexity index is 636. The average molecular weight is 365 g/mol. The number of para-hydroxylation sites is 1. The zero-order chi connectivity index (χ0) is 18.7. The average Bonchev–Trinajstić information content (AvgIpc) is 2.55. The maximum absolute atomic E-state index is 11.7. The second kappa shape index (κ2) is 11.0. The molecule has 0 atom stereocenters. The first kappa shape index (κ1) is 20.4. The van der Waals surface area contributed by atoms with E-state index < -0.39 is 0 Å². The lowest BCUT2D eigenvalue weighted by molar-refractivity contribution is -0.143. The van der Waals surface area contributed by atoms with Crippen LogP contribution in [-0.2, 0) is 14.3 Å². The summed E-state index contributed by atoms with van der Waals surface area (Å²) in [5, 5.41) is 16.3. The van der Waals surface area contributed by atoms with Crippen molar-refractivity contribution in [2.45, 2.75) is 19.8 Å². The number of hydrogen-bond acceptors (Lipinski definition) is 5. The van der Waals surface area contributed by atoms with E-state index >= 15 is 0 Å². The van der Waals surface area contributed by atoms with Crippen molar-refractivity contribution in [3.63, 3.8) is 0 Å². The second-order valence-electron chi connectivity index (χ2n) is 5.00. The predicted octanol–water partition coefficient (Wildman–Crippen LogP) is 0.717. The molecular formula is C16H23N5O3S. The molecule has 0 saturated carbocycles. The molecule has 0 aliphatic rings. The summed E-state index contributed by atoms with van der Waals surface area (Å²) in [6, 6.07) is 7.05. The van der Waals surface area contributed by atoms with Crippen molar-refractivity contribution in [1.29, 1.82) is 5.41 Å². The number of carbonyl (C=O) groups is 2. The van der Waals surface area contributed by atoms with Gasteiger partial charge in [-0.15, -0.1) is 0 Å². The van der Waals surface area contributed by atoms with E-state index in [-0.39, 0.29) is 37.1 Å². The van der Waals surface area contributed by atoms with Crippen LogP contribution < -0.4 is 21.7 Å². The SMILES string of the molecule is CCOC(=O)CCNC(=O)CCNC(=S)Nc1ccccc1C(=N)N. The first-order valence-electron chi connectivity index (χ1n) is 7.84. The number of nitrogens with one attached hydrogen (secondary N) is 4. The molecule has 0 radical (unpaired) electrons. The van der Waals surface area contributed by atoms with E-state index in [4.69, 9.17) is 28.1 Å². The first-order valence-corrected chi connectivity index (χ1v) is 8.25. The number of nitrogens with two attached hydrogens (primary N) is 1. The number of thiocarbonyl (C=S) groups is 1. The molecule has 0 spiro atoms. The molecule has 0 unspecified atom stereocenters. The zero-order valence-electron chi connectivity index (χ0n) is 14.1. The molecule has 0 heterocycles. The van der Waals surface area contributed by atoms with Crippen molar-refractivity contribution >= 4 is 40.7 Å². The molecule has 0 aliphatic carbocycles. The zero-order valence-corrected chi connectivity index (χ0v) is 14.9. The van der Waals surface area contributed by atoms with Gasteiger partial charge >= 0.3 is 5.97 Å². The molecule has 136 valence electrons. The molecule has 1 rings (SSSR count). The minimum atomic E-state index is -0.338. The molecule has 8 nitrogen and oxygen atoms in total. The van der Waals surface area contributed by atoms with Gasteiger partial charge in [0.2, 0.25) is 5.91 Å². The Hall–Kier alpha value is -2.68. The Morgan fingerprint density at radius 3 is 2.56 bits per heavy atom. The number of esters is 1. The Morgan fingerprint density at radius 2 is 1.88 bits per heavy atom. The number of amides is 1. The van der Waals surface area contributed by atoms with Gasteiger partial charge in [-0.1, -0.05) is 12.1 Å². The Labute approximate surface area is 152 Å². The van der Waals surface area contributed by atoms with Crippen molar-refractivity contribution in [3.8, 4) is 0 Å². The number of nitrogen functional groups attached to an aromatic ring is 1. The van der Waals surface area contributed by atoms with Crippen molar-refractivity contribution in [2.75, 3.05) is 25.0 Å². The van der Waals surface area contributed by atoms with E-state index in [0.29, 0.717) is 29.5 Å². The van der Waals surface area contributed by atoms with Crippen LogP contribution in [0.25, 0.3) is 0 Å². The standard InChI is InChI=1S/C16H23N5O3S/c1-2-24-14(23)8-10-19-13(22)7-9-20-16(25)21-12-6-4-3-5-11(12)15(17)18/h3-6H,2,7-10H2,1H3,(H3,17,18)(H,19,22)(H2,20,21,25). The quantitative estimate of drug-likeness (QED) is 0.189. The lowest BCUT2D eigenvalue weighted by atomic mass is 10.1. The molecule has 9 heteroatoms. The lowest BCUT2D eigenvalue weighted by Gasteiger charge is -2.13. The molecule has 6 N–H and O–H groups in total. The fraction of sp³-hybridized carbons (Fsp3) is 0.375. The van der Waals surface area contributed by atoms with Crippen LogP contribution in [0.1, 0.15) is 25.3 Å². The van der Waals surface area contributed by atoms with Crippen LogP contribution in [0.3, 0.4) is 0 Å². The van der Waals surface area contributed by atoms with Gasteiger partial charge in [0.25, 0.3) is 0 Å². The number of anilines is 1. The van der Waals surface area contributed by atoms with Gasteiger partial charge in [0.15, 0.2) is 5.11 Å². The minimum Gasteiger partial charge on any atom is -0.466 e. The van der Waals surface area contributed by atoms with Crippen LogP contribution in [0.15, 0.2) is 24.3 Å². The summed E-state index contributed by atoms with van der Waals surface area (Å²) in [4.78, 5) is 22.8. The summed E-state index contributed by atoms with van der Waals surface area (Å²) in [5.41, 5.74) is 6.67. The smallest absolute Gasteiger partial charge is 0.307 e. The first-order chi connectivity index (χ1) is 11.9. The third-order valence-corrected chi connectivity index (χ3v) is 3.31. The van der Waals surface area contributed by atoms with E-state index in [1.54, 1.807) is 31.2 Å². The maximum atomic E-state index is 11.7. The second-order valence-corrected chi connectivity index (χ2v) is 5.40. The van der Waals surface area contributed by atoms with Gasteiger partial charge in [0.05, 0.1) is 18.7 Å². The molecule has 0 fully saturated rings. The third-order valence-electron chi connectivity index (χ3n) is 3.06. The number of ether oxygens (including phenoxy) is 1. The number of amidine groups is 1. The van der Waals surface area contributed by atoms with Crippen molar-refractivity contribution < 1.29 is 14.3 Å². The minimum absolute atomic E-state index is 0.0631. The Kier molecular flexibility index (Phi) is 8.94. The van der Waals surface area contributed by atoms with Crippen molar-refractivity contribution in [2.24, 2.45) is 5.73 Å². The van der Waals surface area contributed by atoms with Gasteiger partial charge in [0.1, 0.15) is 5.84 Å². The van der Waals surface area contributed by atoms with E-state index in [2.05, 4.69) is 16.0 Å². The molecular weight excluding hydrogens is 342 g/mol. The fourth-order valence-corrected chi connectivity index (χ4v) is 2.12. The molecule has 25 heavy (non-hydrogen) atoms. The molecule has 1 aromatic rings. The molecule has 0 aromatic heterocycles. The largest absolute Gasteiger partial charge is 0.466 e. The summed E-state index contributed by atoms with van der Waals surface area (Å²) in [6.45, 7) is 2.63. The van der Waals surface area contributed by atoms with Crippen molar-refractivity contribution in [3.05, 3.63) is 29.8 Å². The number of carbonyl (C=O) groups excluding carboxylic acids is 2. The molecule has 1 amide bonds. The van der Waals surface area contributed by atoms with Gasteiger partial charge in [-0.25, -0.2) is 0 Å². The predicted molar refractivity (Wildman–Crippen MR) is 101 cm³/mol. The van der Waals surface area contributed by atoms with Crippen LogP contribution in [0.4, 0.5) is 5.69 Å². The van der Waals surface area contributed by atoms with Gasteiger partial charge < -0.3 is 26.4 Å². The van der Waals surface area contributed by atoms with Crippen LogP contribution in [-0.4, -0.2) is 42.5 Å². The van der Waals surface area contributed by atoms with Crippen LogP contribution in [0.5, 0.6) is 0 Å². The summed E-state index contributed by atoms with van der Waals surface area (Å²) in [7, 11) is 0. The molecule has 1 aromatic carbocycles. The van der Waals surface area contributed by atoms with E-state index in [0.717, 1.165) is 0 Å². The monoisotopic (exact) mass is 365 g/mol. The highest BCUT2D eigenvalue weighted by Crippen LogP contribution is 2.13. The summed E-state index contributed by atoms with van der Waals surface area (Å²) in [5.74, 6) is -0.592. The normalized spacial score (nSPS) is 9.80. The Balaban J connectivity index is 2.28. The fourth-order valence-electron chi connectivity index (χ4n) is 1.91. The van der Waals surface area contributed by atoms with Gasteiger partial charge in [-0.2, -0.15) is 0 Å². The van der Waals surface area contributed by atoms with Crippen molar-refractivity contribution in [1.82, 2.24) is 10.6 Å². The number of benzene rings is 1. The van der Waals surface area contributed by atoms with E-state index in [9.17, 15) is 9.59 Å². The maximum Gasteiger partial charge on any atom is 0.307 e. The van der Waals surface area contributed by atoms with Gasteiger partial charge in [0, 0.05) is 25.1 Å². The van der Waals surface area contributed by atoms with Gasteiger partial charge in [-0.3, -0.25) is 15.0 Å². The number of hydrogen-bond donors (Lipinski definition) is 5. The third kappa shape index (κ3) is 8.11. The van der Waals surface area contributed by atoms with Crippen LogP contribution in [0.2, 0.25) is 0 Å². The molecule has 0 aliphatic heterocycles. The Morgan fingerprint density at radius 1 is 1.20 bits per heavy atom. The summed E-state index contributed by atoms with van der Waals surface area (Å²) in [6.07, 6.45) is 0.355. The van der Waals surface area contributed by atoms with Crippen LogP contribution in [0, 0.1) is 5.41 Å². The molecule has 0 bridgehead atoms. The highest BCUT2D eigenvalue weighted by Gasteiger charge is 2.07. The van der Waals surface area contributed by atoms with E-state index in [1.165, 1.54) is 0 Å². The summed E-state index contributed by atoms with van der Waals surface area (Å²) >= 11 is 5.16. The lowest BCUT2D eigenvalue weighted by Crippen LogP contribution is -2.34. The molecule has 0 saturated heterocycles. The van der Waals surface area contributed by atoms with Gasteiger partial charge in [-0.05, 0) is 31.3 Å². The van der Waals surface area contributed by atoms with Crippen LogP contribution >= 0.6 is 12.2 Å². The highest BCUT2D eigenvalue weighted by atomic mass is 32.1. The van der Waals surface area contributed by atoms with E-state index in [1.807, 2.05) is 0 Å². The number of rotatable bonds is 9. The summed E-state index contributed by atoms with van der Waals surface area (Å²) < 4.78 is 4.77.